The van der Waals surface area contributed by atoms with Crippen LogP contribution in [0, 0.1) is 0 Å². The Balaban J connectivity index is 1.77. The molecule has 1 fully saturated rings. The molecule has 0 aliphatic carbocycles. The normalized spacial score (nSPS) is 21.4. The van der Waals surface area contributed by atoms with Gasteiger partial charge < -0.3 is 14.6 Å². The molecule has 0 spiro atoms. The van der Waals surface area contributed by atoms with Crippen molar-refractivity contribution in [2.75, 3.05) is 7.11 Å². The van der Waals surface area contributed by atoms with Crippen molar-refractivity contribution in [1.29, 1.82) is 0 Å². The first kappa shape index (κ1) is 16.2. The Morgan fingerprint density at radius 2 is 2.17 bits per heavy atom. The van der Waals surface area contributed by atoms with Crippen molar-refractivity contribution in [2.24, 2.45) is 0 Å². The highest BCUT2D eigenvalue weighted by Gasteiger charge is 2.45. The molecule has 2 aromatic rings. The van der Waals surface area contributed by atoms with Gasteiger partial charge in [0, 0.05) is 17.8 Å². The van der Waals surface area contributed by atoms with E-state index in [0.29, 0.717) is 11.4 Å². The number of rotatable bonds is 3. The van der Waals surface area contributed by atoms with Gasteiger partial charge in [0.2, 0.25) is 23.5 Å². The van der Waals surface area contributed by atoms with Crippen LogP contribution in [0.5, 0.6) is 5.88 Å². The molecule has 10 heteroatoms. The largest absolute Gasteiger partial charge is 0.481 e. The van der Waals surface area contributed by atoms with E-state index in [1.54, 1.807) is 12.1 Å². The molecule has 3 heterocycles. The molecule has 0 aromatic carbocycles. The van der Waals surface area contributed by atoms with Crippen LogP contribution in [0.15, 0.2) is 22.9 Å². The lowest BCUT2D eigenvalue weighted by atomic mass is 9.93. The molecule has 1 saturated heterocycles. The van der Waals surface area contributed by atoms with Gasteiger partial charge >= 0.3 is 6.18 Å². The van der Waals surface area contributed by atoms with Gasteiger partial charge in [-0.25, -0.2) is 4.98 Å². The smallest absolute Gasteiger partial charge is 0.408 e. The van der Waals surface area contributed by atoms with Crippen LogP contribution < -0.4 is 10.1 Å². The maximum absolute atomic E-state index is 12.7. The molecule has 3 rings (SSSR count). The number of alkyl halides is 3. The number of pyridine rings is 1. The first-order valence-electron chi connectivity index (χ1n) is 7.09. The molecule has 24 heavy (non-hydrogen) atoms. The monoisotopic (exact) mass is 342 g/mol. The Kier molecular flexibility index (Phi) is 4.12. The fourth-order valence-electron chi connectivity index (χ4n) is 2.44. The average Bonchev–Trinajstić information content (AvgIpc) is 3.03. The van der Waals surface area contributed by atoms with E-state index in [9.17, 15) is 18.0 Å². The van der Waals surface area contributed by atoms with Crippen LogP contribution in [0.3, 0.4) is 0 Å². The number of nitrogens with one attached hydrogen (secondary N) is 1. The van der Waals surface area contributed by atoms with E-state index in [1.165, 1.54) is 13.3 Å². The number of aromatic nitrogens is 3. The Bertz CT molecular complexity index is 747. The summed E-state index contributed by atoms with van der Waals surface area (Å²) >= 11 is 0. The zero-order valence-corrected chi connectivity index (χ0v) is 12.5. The van der Waals surface area contributed by atoms with Crippen molar-refractivity contribution < 1.29 is 27.2 Å². The van der Waals surface area contributed by atoms with E-state index < -0.39 is 24.0 Å². The number of carbonyl (C=O) groups excluding carboxylic acids is 1. The first-order valence-corrected chi connectivity index (χ1v) is 7.09. The Labute approximate surface area is 134 Å². The van der Waals surface area contributed by atoms with E-state index in [1.807, 2.05) is 5.32 Å². The zero-order valence-electron chi connectivity index (χ0n) is 12.5. The summed E-state index contributed by atoms with van der Waals surface area (Å²) < 4.78 is 48.0. The van der Waals surface area contributed by atoms with Gasteiger partial charge in [-0.3, -0.25) is 4.79 Å². The van der Waals surface area contributed by atoms with Crippen LogP contribution in [0.2, 0.25) is 0 Å². The van der Waals surface area contributed by atoms with Gasteiger partial charge in [-0.2, -0.15) is 18.2 Å². The van der Waals surface area contributed by atoms with Crippen LogP contribution in [0.25, 0.3) is 11.4 Å². The van der Waals surface area contributed by atoms with Crippen molar-refractivity contribution >= 4 is 5.91 Å². The Morgan fingerprint density at radius 3 is 2.83 bits per heavy atom. The number of ether oxygens (including phenoxy) is 1. The van der Waals surface area contributed by atoms with Gasteiger partial charge in [-0.15, -0.1) is 0 Å². The van der Waals surface area contributed by atoms with Gasteiger partial charge in [0.25, 0.3) is 0 Å². The van der Waals surface area contributed by atoms with Crippen molar-refractivity contribution in [3.8, 4) is 17.3 Å². The summed E-state index contributed by atoms with van der Waals surface area (Å²) in [4.78, 5) is 20.0. The van der Waals surface area contributed by atoms with Crippen LogP contribution >= 0.6 is 0 Å². The molecule has 1 aliphatic heterocycles. The SMILES string of the molecule is COc1cc(-c2noc(C3CCC(C(F)(F)F)NC3=O)n2)ccn1. The average molecular weight is 342 g/mol. The molecule has 128 valence electrons. The third-order valence-electron chi connectivity index (χ3n) is 3.71. The van der Waals surface area contributed by atoms with Gasteiger partial charge in [0.1, 0.15) is 12.0 Å². The Morgan fingerprint density at radius 1 is 1.38 bits per heavy atom. The van der Waals surface area contributed by atoms with Gasteiger partial charge in [0.15, 0.2) is 0 Å². The number of nitrogens with zero attached hydrogens (tertiary/aromatic N) is 3. The van der Waals surface area contributed by atoms with Gasteiger partial charge in [-0.05, 0) is 18.9 Å². The van der Waals surface area contributed by atoms with E-state index in [-0.39, 0.29) is 24.6 Å². The lowest BCUT2D eigenvalue weighted by molar-refractivity contribution is -0.168. The Hall–Kier alpha value is -2.65. The predicted octanol–water partition coefficient (Wildman–Crippen LogP) is 2.06. The minimum atomic E-state index is -4.46. The van der Waals surface area contributed by atoms with E-state index in [0.717, 1.165) is 0 Å². The second kappa shape index (κ2) is 6.10. The number of halogens is 3. The molecule has 2 unspecified atom stereocenters. The number of hydrogen-bond donors (Lipinski definition) is 1. The fraction of sp³-hybridized carbons (Fsp3) is 0.429. The van der Waals surface area contributed by atoms with E-state index in [2.05, 4.69) is 15.1 Å². The van der Waals surface area contributed by atoms with Crippen LogP contribution in [-0.4, -0.2) is 40.4 Å². The highest BCUT2D eigenvalue weighted by Crippen LogP contribution is 2.33. The minimum absolute atomic E-state index is 0.0149. The van der Waals surface area contributed by atoms with Gasteiger partial charge in [0.05, 0.1) is 7.11 Å². The summed E-state index contributed by atoms with van der Waals surface area (Å²) in [5.74, 6) is -1.13. The van der Waals surface area contributed by atoms with Crippen LogP contribution in [0.4, 0.5) is 13.2 Å². The number of hydrogen-bond acceptors (Lipinski definition) is 6. The quantitative estimate of drug-likeness (QED) is 0.918. The highest BCUT2D eigenvalue weighted by atomic mass is 19.4. The van der Waals surface area contributed by atoms with Crippen molar-refractivity contribution in [3.63, 3.8) is 0 Å². The molecule has 1 N–H and O–H groups in total. The topological polar surface area (TPSA) is 90.1 Å². The highest BCUT2D eigenvalue weighted by molar-refractivity contribution is 5.83. The molecule has 0 bridgehead atoms. The molecule has 1 amide bonds. The number of methoxy groups -OCH3 is 1. The molecule has 2 aromatic heterocycles. The fourth-order valence-corrected chi connectivity index (χ4v) is 2.44. The van der Waals surface area contributed by atoms with Crippen molar-refractivity contribution in [1.82, 2.24) is 20.4 Å². The summed E-state index contributed by atoms with van der Waals surface area (Å²) in [7, 11) is 1.46. The second-order valence-corrected chi connectivity index (χ2v) is 5.28. The lowest BCUT2D eigenvalue weighted by Gasteiger charge is -2.28. The summed E-state index contributed by atoms with van der Waals surface area (Å²) in [6, 6.07) is 1.36. The minimum Gasteiger partial charge on any atom is -0.481 e. The third-order valence-corrected chi connectivity index (χ3v) is 3.71. The second-order valence-electron chi connectivity index (χ2n) is 5.28. The summed E-state index contributed by atoms with van der Waals surface area (Å²) in [6.45, 7) is 0. The molecule has 2 atom stereocenters. The van der Waals surface area contributed by atoms with E-state index >= 15 is 0 Å². The number of amides is 1. The zero-order chi connectivity index (χ0) is 17.3. The van der Waals surface area contributed by atoms with Crippen LogP contribution in [-0.2, 0) is 4.79 Å². The standard InChI is InChI=1S/C14H13F3N4O3/c1-23-10-6-7(4-5-18-10)11-20-13(24-21-11)8-2-3-9(14(15,16)17)19-12(8)22/h4-6,8-9H,2-3H2,1H3,(H,19,22). The maximum atomic E-state index is 12.7. The predicted molar refractivity (Wildman–Crippen MR) is 74.0 cm³/mol. The number of carbonyl (C=O) groups is 1. The molecule has 7 nitrogen and oxygen atoms in total. The summed E-state index contributed by atoms with van der Waals surface area (Å²) in [6.07, 6.45) is -3.22. The molecular weight excluding hydrogens is 329 g/mol. The van der Waals surface area contributed by atoms with Gasteiger partial charge in [-0.1, -0.05) is 5.16 Å². The summed E-state index contributed by atoms with van der Waals surface area (Å²) in [5, 5.41) is 5.72. The lowest BCUT2D eigenvalue weighted by Crippen LogP contribution is -2.50. The third kappa shape index (κ3) is 3.17. The number of piperidine rings is 1. The molecule has 1 aliphatic rings. The molecule has 0 saturated carbocycles. The van der Waals surface area contributed by atoms with Crippen molar-refractivity contribution in [3.05, 3.63) is 24.2 Å². The molecular formula is C14H13F3N4O3. The first-order chi connectivity index (χ1) is 11.4. The van der Waals surface area contributed by atoms with Crippen molar-refractivity contribution in [2.45, 2.75) is 31.0 Å². The summed E-state index contributed by atoms with van der Waals surface area (Å²) in [5.41, 5.74) is 0.557. The molecule has 0 radical (unpaired) electrons. The van der Waals surface area contributed by atoms with Crippen LogP contribution in [0.1, 0.15) is 24.7 Å². The maximum Gasteiger partial charge on any atom is 0.408 e. The van der Waals surface area contributed by atoms with E-state index in [4.69, 9.17) is 9.26 Å².